The van der Waals surface area contributed by atoms with Crippen LogP contribution in [-0.4, -0.2) is 22.0 Å². The zero-order valence-electron chi connectivity index (χ0n) is 15.1. The minimum Gasteiger partial charge on any atom is -0.352 e. The highest BCUT2D eigenvalue weighted by molar-refractivity contribution is 5.94. The van der Waals surface area contributed by atoms with Gasteiger partial charge in [-0.15, -0.1) is 0 Å². The number of para-hydroxylation sites is 1. The zero-order valence-corrected chi connectivity index (χ0v) is 15.1. The third-order valence-electron chi connectivity index (χ3n) is 4.31. The normalized spacial score (nSPS) is 11.0. The van der Waals surface area contributed by atoms with Crippen LogP contribution >= 0.6 is 0 Å². The molecule has 134 valence electrons. The van der Waals surface area contributed by atoms with Crippen LogP contribution < -0.4 is 10.9 Å². The molecule has 1 N–H and O–H groups in total. The number of hydrogen-bond acceptors (Lipinski definition) is 3. The third kappa shape index (κ3) is 4.17. The van der Waals surface area contributed by atoms with E-state index in [0.29, 0.717) is 35.5 Å². The lowest BCUT2D eigenvalue weighted by Gasteiger charge is -2.09. The first kappa shape index (κ1) is 17.9. The Balaban J connectivity index is 1.71. The monoisotopic (exact) mass is 349 g/mol. The fraction of sp³-hybridized carbons (Fsp3) is 0.286. The van der Waals surface area contributed by atoms with Crippen molar-refractivity contribution in [3.8, 4) is 0 Å². The van der Waals surface area contributed by atoms with E-state index in [4.69, 9.17) is 0 Å². The van der Waals surface area contributed by atoms with Gasteiger partial charge in [0.05, 0.1) is 23.8 Å². The van der Waals surface area contributed by atoms with Crippen LogP contribution in [-0.2, 0) is 6.54 Å². The van der Waals surface area contributed by atoms with Gasteiger partial charge in [0.2, 0.25) is 0 Å². The van der Waals surface area contributed by atoms with Gasteiger partial charge in [0.1, 0.15) is 0 Å². The van der Waals surface area contributed by atoms with Gasteiger partial charge in [0.15, 0.2) is 0 Å². The van der Waals surface area contributed by atoms with Gasteiger partial charge in [-0.2, -0.15) is 0 Å². The minimum absolute atomic E-state index is 0.0638. The van der Waals surface area contributed by atoms with Crippen molar-refractivity contribution in [2.24, 2.45) is 5.92 Å². The van der Waals surface area contributed by atoms with Crippen molar-refractivity contribution in [3.05, 3.63) is 76.3 Å². The molecule has 3 aromatic rings. The highest BCUT2D eigenvalue weighted by Gasteiger charge is 2.07. The van der Waals surface area contributed by atoms with Crippen molar-refractivity contribution in [1.82, 2.24) is 14.9 Å². The molecule has 3 rings (SSSR count). The lowest BCUT2D eigenvalue weighted by Crippen LogP contribution is -2.25. The molecular formula is C21H23N3O2. The van der Waals surface area contributed by atoms with Gasteiger partial charge < -0.3 is 5.32 Å². The lowest BCUT2D eigenvalue weighted by atomic mass is 10.1. The van der Waals surface area contributed by atoms with Gasteiger partial charge in [-0.3, -0.25) is 14.2 Å². The summed E-state index contributed by atoms with van der Waals surface area (Å²) in [5.74, 6) is 0.494. The molecule has 0 aliphatic rings. The van der Waals surface area contributed by atoms with E-state index >= 15 is 0 Å². The predicted octanol–water partition coefficient (Wildman–Crippen LogP) is 3.22. The molecule has 2 aromatic carbocycles. The number of aromatic nitrogens is 2. The maximum Gasteiger partial charge on any atom is 0.261 e. The number of amides is 1. The van der Waals surface area contributed by atoms with E-state index < -0.39 is 0 Å². The Hall–Kier alpha value is -2.95. The highest BCUT2D eigenvalue weighted by Crippen LogP contribution is 2.08. The van der Waals surface area contributed by atoms with Crippen molar-refractivity contribution in [2.75, 3.05) is 6.54 Å². The number of fused-ring (bicyclic) bond motifs is 1. The van der Waals surface area contributed by atoms with Crippen molar-refractivity contribution < 1.29 is 4.79 Å². The van der Waals surface area contributed by atoms with E-state index in [1.807, 2.05) is 30.3 Å². The molecule has 1 heterocycles. The Morgan fingerprint density at radius 3 is 2.58 bits per heavy atom. The maximum absolute atomic E-state index is 12.5. The number of carbonyl (C=O) groups is 1. The van der Waals surface area contributed by atoms with Gasteiger partial charge in [0, 0.05) is 12.1 Å². The number of nitrogens with zero attached hydrogens (tertiary/aromatic N) is 2. The second-order valence-electron chi connectivity index (χ2n) is 6.83. The minimum atomic E-state index is -0.0678. The van der Waals surface area contributed by atoms with E-state index in [2.05, 4.69) is 24.1 Å². The van der Waals surface area contributed by atoms with Crippen LogP contribution in [0.25, 0.3) is 10.9 Å². The molecule has 26 heavy (non-hydrogen) atoms. The van der Waals surface area contributed by atoms with Gasteiger partial charge in [0.25, 0.3) is 11.5 Å². The average molecular weight is 349 g/mol. The average Bonchev–Trinajstić information content (AvgIpc) is 2.64. The molecule has 0 saturated carbocycles. The Morgan fingerprint density at radius 2 is 1.85 bits per heavy atom. The first-order valence-corrected chi connectivity index (χ1v) is 8.86. The molecule has 0 fully saturated rings. The van der Waals surface area contributed by atoms with E-state index in [0.717, 1.165) is 12.0 Å². The summed E-state index contributed by atoms with van der Waals surface area (Å²) >= 11 is 0. The van der Waals surface area contributed by atoms with Crippen LogP contribution in [0, 0.1) is 5.92 Å². The van der Waals surface area contributed by atoms with Gasteiger partial charge in [-0.25, -0.2) is 4.98 Å². The second kappa shape index (κ2) is 7.95. The summed E-state index contributed by atoms with van der Waals surface area (Å²) in [6.07, 6.45) is 2.53. The molecule has 0 atom stereocenters. The van der Waals surface area contributed by atoms with Crippen LogP contribution in [0.15, 0.2) is 59.7 Å². The molecule has 0 spiro atoms. The Labute approximate surface area is 152 Å². The fourth-order valence-corrected chi connectivity index (χ4v) is 2.75. The Kier molecular flexibility index (Phi) is 5.46. The van der Waals surface area contributed by atoms with Crippen LogP contribution in [0.3, 0.4) is 0 Å². The first-order valence-electron chi connectivity index (χ1n) is 8.86. The molecule has 5 heteroatoms. The van der Waals surface area contributed by atoms with Crippen molar-refractivity contribution in [2.45, 2.75) is 26.8 Å². The summed E-state index contributed by atoms with van der Waals surface area (Å²) in [7, 11) is 0. The number of rotatable bonds is 6. The van der Waals surface area contributed by atoms with E-state index in [1.165, 1.54) is 0 Å². The largest absolute Gasteiger partial charge is 0.352 e. The summed E-state index contributed by atoms with van der Waals surface area (Å²) in [5, 5.41) is 3.53. The second-order valence-corrected chi connectivity index (χ2v) is 6.83. The molecule has 5 nitrogen and oxygen atoms in total. The summed E-state index contributed by atoms with van der Waals surface area (Å²) in [5.41, 5.74) is 2.21. The van der Waals surface area contributed by atoms with Crippen molar-refractivity contribution in [3.63, 3.8) is 0 Å². The molecule has 0 saturated heterocycles. The molecule has 0 unspecified atom stereocenters. The van der Waals surface area contributed by atoms with Gasteiger partial charge in [-0.05, 0) is 42.2 Å². The maximum atomic E-state index is 12.5. The van der Waals surface area contributed by atoms with Gasteiger partial charge >= 0.3 is 0 Å². The van der Waals surface area contributed by atoms with Crippen molar-refractivity contribution in [1.29, 1.82) is 0 Å². The van der Waals surface area contributed by atoms with E-state index in [1.54, 1.807) is 29.1 Å². The standard InChI is InChI=1S/C21H23N3O2/c1-15(2)11-12-22-20(25)17-9-7-16(8-10-17)13-24-14-23-19-6-4-3-5-18(19)21(24)26/h3-10,14-15H,11-13H2,1-2H3,(H,22,25). The Bertz CT molecular complexity index is 959. The summed E-state index contributed by atoms with van der Waals surface area (Å²) in [6, 6.07) is 14.6. The van der Waals surface area contributed by atoms with E-state index in [-0.39, 0.29) is 11.5 Å². The third-order valence-corrected chi connectivity index (χ3v) is 4.31. The predicted molar refractivity (Wildman–Crippen MR) is 103 cm³/mol. The lowest BCUT2D eigenvalue weighted by molar-refractivity contribution is 0.0952. The Morgan fingerprint density at radius 1 is 1.12 bits per heavy atom. The molecule has 0 aliphatic carbocycles. The first-order chi connectivity index (χ1) is 12.5. The smallest absolute Gasteiger partial charge is 0.261 e. The van der Waals surface area contributed by atoms with E-state index in [9.17, 15) is 9.59 Å². The number of benzene rings is 2. The highest BCUT2D eigenvalue weighted by atomic mass is 16.1. The topological polar surface area (TPSA) is 64.0 Å². The number of carbonyl (C=O) groups excluding carboxylic acids is 1. The zero-order chi connectivity index (χ0) is 18.5. The quantitative estimate of drug-likeness (QED) is 0.743. The van der Waals surface area contributed by atoms with Crippen LogP contribution in [0.5, 0.6) is 0 Å². The number of hydrogen-bond donors (Lipinski definition) is 1. The fourth-order valence-electron chi connectivity index (χ4n) is 2.75. The molecule has 0 bridgehead atoms. The molecule has 0 aliphatic heterocycles. The summed E-state index contributed by atoms with van der Waals surface area (Å²) in [4.78, 5) is 29.0. The molecule has 1 aromatic heterocycles. The van der Waals surface area contributed by atoms with Crippen LogP contribution in [0.4, 0.5) is 0 Å². The summed E-state index contributed by atoms with van der Waals surface area (Å²) < 4.78 is 1.58. The molecular weight excluding hydrogens is 326 g/mol. The van der Waals surface area contributed by atoms with Crippen LogP contribution in [0.1, 0.15) is 36.2 Å². The SMILES string of the molecule is CC(C)CCNC(=O)c1ccc(Cn2cnc3ccccc3c2=O)cc1. The van der Waals surface area contributed by atoms with Crippen LogP contribution in [0.2, 0.25) is 0 Å². The summed E-state index contributed by atoms with van der Waals surface area (Å²) in [6.45, 7) is 5.36. The molecule has 0 radical (unpaired) electrons. The van der Waals surface area contributed by atoms with Crippen molar-refractivity contribution >= 4 is 16.8 Å². The van der Waals surface area contributed by atoms with Gasteiger partial charge in [-0.1, -0.05) is 38.1 Å². The molecule has 1 amide bonds. The number of nitrogens with one attached hydrogen (secondary N) is 1.